The van der Waals surface area contributed by atoms with Crippen LogP contribution in [0, 0.1) is 0 Å². The predicted octanol–water partition coefficient (Wildman–Crippen LogP) is 2.86. The molecule has 0 aromatic heterocycles. The van der Waals surface area contributed by atoms with Gasteiger partial charge in [0.15, 0.2) is 0 Å². The van der Waals surface area contributed by atoms with E-state index >= 15 is 0 Å². The maximum Gasteiger partial charge on any atom is 0.259 e. The first-order valence-electron chi connectivity index (χ1n) is 10.2. The van der Waals surface area contributed by atoms with E-state index in [4.69, 9.17) is 0 Å². The van der Waals surface area contributed by atoms with Crippen molar-refractivity contribution in [3.63, 3.8) is 0 Å². The highest BCUT2D eigenvalue weighted by molar-refractivity contribution is 6.11. The Hall–Kier alpha value is -2.66. The van der Waals surface area contributed by atoms with E-state index in [0.717, 1.165) is 30.9 Å². The van der Waals surface area contributed by atoms with E-state index in [1.807, 2.05) is 42.5 Å². The Morgan fingerprint density at radius 2 is 1.64 bits per heavy atom. The van der Waals surface area contributed by atoms with Gasteiger partial charge in [-0.05, 0) is 49.7 Å². The van der Waals surface area contributed by atoms with Gasteiger partial charge in [0, 0.05) is 30.8 Å². The van der Waals surface area contributed by atoms with Gasteiger partial charge in [-0.3, -0.25) is 14.5 Å². The zero-order valence-electron chi connectivity index (χ0n) is 16.1. The van der Waals surface area contributed by atoms with Crippen molar-refractivity contribution in [3.05, 3.63) is 65.7 Å². The van der Waals surface area contributed by atoms with E-state index in [9.17, 15) is 9.59 Å². The number of likely N-dealkylation sites (tertiary alicyclic amines) is 1. The molecule has 2 aliphatic rings. The highest BCUT2D eigenvalue weighted by Gasteiger charge is 2.38. The van der Waals surface area contributed by atoms with Gasteiger partial charge in [-0.25, -0.2) is 0 Å². The third kappa shape index (κ3) is 3.94. The van der Waals surface area contributed by atoms with Gasteiger partial charge in [0.25, 0.3) is 5.91 Å². The minimum atomic E-state index is -0.494. The number of piperidine rings is 1. The zero-order valence-corrected chi connectivity index (χ0v) is 16.1. The van der Waals surface area contributed by atoms with Crippen LogP contribution in [-0.4, -0.2) is 48.9 Å². The number of hydrogen-bond acceptors (Lipinski definition) is 3. The Bertz CT molecular complexity index is 831. The van der Waals surface area contributed by atoms with Gasteiger partial charge in [0.2, 0.25) is 5.91 Å². The van der Waals surface area contributed by atoms with Crippen LogP contribution in [0.1, 0.15) is 35.2 Å². The lowest BCUT2D eigenvalue weighted by atomic mass is 10.1. The molecule has 146 valence electrons. The molecule has 28 heavy (non-hydrogen) atoms. The third-order valence-electron chi connectivity index (χ3n) is 5.69. The number of para-hydroxylation sites is 1. The van der Waals surface area contributed by atoms with Crippen LogP contribution in [0.3, 0.4) is 0 Å². The van der Waals surface area contributed by atoms with E-state index in [-0.39, 0.29) is 11.8 Å². The molecule has 2 aliphatic heterocycles. The average Bonchev–Trinajstić information content (AvgIpc) is 3.14. The van der Waals surface area contributed by atoms with Crippen LogP contribution in [0.5, 0.6) is 0 Å². The summed E-state index contributed by atoms with van der Waals surface area (Å²) in [7, 11) is 0. The Morgan fingerprint density at radius 3 is 2.43 bits per heavy atom. The quantitative estimate of drug-likeness (QED) is 0.872. The fourth-order valence-electron chi connectivity index (χ4n) is 4.20. The Balaban J connectivity index is 1.47. The lowest BCUT2D eigenvalue weighted by Crippen LogP contribution is -2.49. The van der Waals surface area contributed by atoms with Crippen LogP contribution in [0.2, 0.25) is 0 Å². The topological polar surface area (TPSA) is 52.7 Å². The van der Waals surface area contributed by atoms with Crippen LogP contribution in [0.4, 0.5) is 5.69 Å². The van der Waals surface area contributed by atoms with Crippen LogP contribution in [0.25, 0.3) is 0 Å². The summed E-state index contributed by atoms with van der Waals surface area (Å²) in [5, 5.41) is 3.07. The molecule has 5 heteroatoms. The minimum absolute atomic E-state index is 0.0718. The molecule has 2 aromatic carbocycles. The number of nitrogens with zero attached hydrogens (tertiary/aromatic N) is 2. The first kappa shape index (κ1) is 18.7. The standard InChI is InChI=1S/C23H27N3O2/c27-22(24-13-16-25-14-7-2-8-15-25)21-17-19-11-5-6-12-20(19)26(21)23(28)18-9-3-1-4-10-18/h1,3-6,9-12,21H,2,7-8,13-17H2,(H,24,27)/t21-/m1/s1. The van der Waals surface area contributed by atoms with Gasteiger partial charge >= 0.3 is 0 Å². The maximum absolute atomic E-state index is 13.2. The number of carbonyl (C=O) groups excluding carboxylic acids is 2. The number of rotatable bonds is 5. The smallest absolute Gasteiger partial charge is 0.259 e. The van der Waals surface area contributed by atoms with E-state index < -0.39 is 6.04 Å². The maximum atomic E-state index is 13.2. The first-order chi connectivity index (χ1) is 13.7. The number of hydrogen-bond donors (Lipinski definition) is 1. The number of amides is 2. The first-order valence-corrected chi connectivity index (χ1v) is 10.2. The predicted molar refractivity (Wildman–Crippen MR) is 110 cm³/mol. The summed E-state index contributed by atoms with van der Waals surface area (Å²) in [6, 6.07) is 16.5. The van der Waals surface area contributed by atoms with Crippen molar-refractivity contribution in [2.45, 2.75) is 31.7 Å². The van der Waals surface area contributed by atoms with E-state index in [2.05, 4.69) is 10.2 Å². The molecule has 1 fully saturated rings. The SMILES string of the molecule is O=C(NCCN1CCCCC1)[C@H]1Cc2ccccc2N1C(=O)c1ccccc1. The van der Waals surface area contributed by atoms with Crippen LogP contribution < -0.4 is 10.2 Å². The fraction of sp³-hybridized carbons (Fsp3) is 0.391. The van der Waals surface area contributed by atoms with Crippen LogP contribution >= 0.6 is 0 Å². The lowest BCUT2D eigenvalue weighted by molar-refractivity contribution is -0.122. The van der Waals surface area contributed by atoms with Crippen molar-refractivity contribution in [2.24, 2.45) is 0 Å². The van der Waals surface area contributed by atoms with E-state index in [1.165, 1.54) is 19.3 Å². The highest BCUT2D eigenvalue weighted by Crippen LogP contribution is 2.33. The number of nitrogens with one attached hydrogen (secondary N) is 1. The monoisotopic (exact) mass is 377 g/mol. The molecule has 5 nitrogen and oxygen atoms in total. The molecule has 2 amide bonds. The number of fused-ring (bicyclic) bond motifs is 1. The lowest BCUT2D eigenvalue weighted by Gasteiger charge is -2.28. The van der Waals surface area contributed by atoms with Gasteiger partial charge < -0.3 is 10.2 Å². The van der Waals surface area contributed by atoms with Crippen molar-refractivity contribution in [3.8, 4) is 0 Å². The molecule has 0 spiro atoms. The molecule has 1 saturated heterocycles. The molecule has 1 atom stereocenters. The average molecular weight is 377 g/mol. The largest absolute Gasteiger partial charge is 0.353 e. The van der Waals surface area contributed by atoms with Crippen molar-refractivity contribution in [2.75, 3.05) is 31.1 Å². The number of benzene rings is 2. The summed E-state index contributed by atoms with van der Waals surface area (Å²) >= 11 is 0. The summed E-state index contributed by atoms with van der Waals surface area (Å²) in [4.78, 5) is 30.2. The van der Waals surface area contributed by atoms with Crippen LogP contribution in [0.15, 0.2) is 54.6 Å². The summed E-state index contributed by atoms with van der Waals surface area (Å²) in [6.45, 7) is 3.73. The summed E-state index contributed by atoms with van der Waals surface area (Å²) < 4.78 is 0. The van der Waals surface area contributed by atoms with Gasteiger partial charge in [0.05, 0.1) is 0 Å². The molecule has 0 radical (unpaired) electrons. The van der Waals surface area contributed by atoms with Gasteiger partial charge in [-0.15, -0.1) is 0 Å². The van der Waals surface area contributed by atoms with Crippen molar-refractivity contribution < 1.29 is 9.59 Å². The van der Waals surface area contributed by atoms with Gasteiger partial charge in [-0.2, -0.15) is 0 Å². The minimum Gasteiger partial charge on any atom is -0.353 e. The van der Waals surface area contributed by atoms with Crippen LogP contribution in [-0.2, 0) is 11.2 Å². The summed E-state index contributed by atoms with van der Waals surface area (Å²) in [6.07, 6.45) is 4.35. The molecule has 0 unspecified atom stereocenters. The Labute approximate surface area is 166 Å². The molecule has 0 saturated carbocycles. The Morgan fingerprint density at radius 1 is 0.929 bits per heavy atom. The second kappa shape index (κ2) is 8.57. The van der Waals surface area contributed by atoms with Gasteiger partial charge in [-0.1, -0.05) is 42.8 Å². The van der Waals surface area contributed by atoms with E-state index in [0.29, 0.717) is 18.5 Å². The normalized spacial score (nSPS) is 19.3. The molecule has 1 N–H and O–H groups in total. The number of carbonyl (C=O) groups is 2. The highest BCUT2D eigenvalue weighted by atomic mass is 16.2. The summed E-state index contributed by atoms with van der Waals surface area (Å²) in [5.74, 6) is -0.195. The second-order valence-corrected chi connectivity index (χ2v) is 7.58. The molecule has 0 aliphatic carbocycles. The third-order valence-corrected chi connectivity index (χ3v) is 5.69. The molecule has 2 heterocycles. The summed E-state index contributed by atoms with van der Waals surface area (Å²) in [5.41, 5.74) is 2.49. The zero-order chi connectivity index (χ0) is 19.3. The van der Waals surface area contributed by atoms with Crippen molar-refractivity contribution in [1.29, 1.82) is 0 Å². The van der Waals surface area contributed by atoms with E-state index in [1.54, 1.807) is 17.0 Å². The Kier molecular flexibility index (Phi) is 5.72. The molecular weight excluding hydrogens is 350 g/mol. The number of anilines is 1. The van der Waals surface area contributed by atoms with Crippen molar-refractivity contribution >= 4 is 17.5 Å². The second-order valence-electron chi connectivity index (χ2n) is 7.58. The fourth-order valence-corrected chi connectivity index (χ4v) is 4.20. The van der Waals surface area contributed by atoms with Crippen molar-refractivity contribution in [1.82, 2.24) is 10.2 Å². The molecule has 2 aromatic rings. The van der Waals surface area contributed by atoms with Gasteiger partial charge in [0.1, 0.15) is 6.04 Å². The molecule has 4 rings (SSSR count). The molecular formula is C23H27N3O2. The molecule has 0 bridgehead atoms.